The summed E-state index contributed by atoms with van der Waals surface area (Å²) in [6.45, 7) is 4.18. The molecule has 1 aliphatic heterocycles. The smallest absolute Gasteiger partial charge is 0.330 e. The second kappa shape index (κ2) is 7.88. The monoisotopic (exact) mass is 461 g/mol. The Morgan fingerprint density at radius 3 is 2.53 bits per heavy atom. The van der Waals surface area contributed by atoms with E-state index in [0.717, 1.165) is 43.6 Å². The number of benzene rings is 2. The molecular weight excluding hydrogens is 432 g/mol. The average molecular weight is 462 g/mol. The van der Waals surface area contributed by atoms with Crippen molar-refractivity contribution in [1.29, 1.82) is 0 Å². The van der Waals surface area contributed by atoms with E-state index in [1.165, 1.54) is 41.0 Å². The van der Waals surface area contributed by atoms with Gasteiger partial charge in [0.2, 0.25) is 0 Å². The van der Waals surface area contributed by atoms with Crippen molar-refractivity contribution >= 4 is 17.6 Å². The third-order valence-corrected chi connectivity index (χ3v) is 8.32. The van der Waals surface area contributed by atoms with Crippen LogP contribution in [0.5, 0.6) is 0 Å². The first-order chi connectivity index (χ1) is 16.4. The molecule has 2 aromatic rings. The van der Waals surface area contributed by atoms with Crippen LogP contribution in [0.1, 0.15) is 67.8 Å². The lowest BCUT2D eigenvalue weighted by Gasteiger charge is -2.70. The fraction of sp³-hybridized carbons (Fsp3) is 0.414. The van der Waals surface area contributed by atoms with Crippen LogP contribution in [-0.4, -0.2) is 29.1 Å². The van der Waals surface area contributed by atoms with Gasteiger partial charge < -0.3 is 4.74 Å². The summed E-state index contributed by atoms with van der Waals surface area (Å²) in [6.07, 6.45) is 7.67. The number of halogens is 2. The van der Waals surface area contributed by atoms with Gasteiger partial charge in [-0.25, -0.2) is 13.6 Å². The van der Waals surface area contributed by atoms with Crippen LogP contribution in [0.25, 0.3) is 11.6 Å². The number of ether oxygens (including phenoxy) is 1. The van der Waals surface area contributed by atoms with Gasteiger partial charge in [-0.15, -0.1) is 0 Å². The van der Waals surface area contributed by atoms with Crippen LogP contribution in [0.2, 0.25) is 0 Å². The van der Waals surface area contributed by atoms with E-state index in [9.17, 15) is 4.79 Å². The van der Waals surface area contributed by atoms with Crippen molar-refractivity contribution in [2.45, 2.75) is 63.6 Å². The highest BCUT2D eigenvalue weighted by atomic mass is 19.1. The Bertz CT molecular complexity index is 1210. The van der Waals surface area contributed by atoms with Crippen molar-refractivity contribution in [2.24, 2.45) is 5.92 Å². The van der Waals surface area contributed by atoms with E-state index in [4.69, 9.17) is 4.74 Å². The summed E-state index contributed by atoms with van der Waals surface area (Å²) in [6, 6.07) is 10.9. The van der Waals surface area contributed by atoms with Gasteiger partial charge in [0.25, 0.3) is 0 Å². The highest BCUT2D eigenvalue weighted by Gasteiger charge is 2.63. The number of hydrogen-bond acceptors (Lipinski definition) is 3. The molecule has 2 bridgehead atoms. The number of carbonyl (C=O) groups excluding carboxylic acids is 1. The molecule has 1 heterocycles. The molecule has 5 heteroatoms. The number of esters is 1. The van der Waals surface area contributed by atoms with Crippen LogP contribution in [-0.2, 0) is 16.0 Å². The van der Waals surface area contributed by atoms with Crippen molar-refractivity contribution in [2.75, 3.05) is 6.61 Å². The Morgan fingerprint density at radius 2 is 1.88 bits per heavy atom. The molecule has 0 spiro atoms. The lowest BCUT2D eigenvalue weighted by atomic mass is 9.48. The first-order valence-electron chi connectivity index (χ1n) is 12.3. The molecule has 0 radical (unpaired) electrons. The van der Waals surface area contributed by atoms with E-state index in [0.29, 0.717) is 5.56 Å². The maximum Gasteiger partial charge on any atom is 0.330 e. The SMILES string of the molecule is CCOC(=O)/C=C/c1cc(F)c(C2C3=C(CC(C)N2C24CC(C2)C4)c2ccccc2C3)c(F)c1. The van der Waals surface area contributed by atoms with Gasteiger partial charge in [0, 0.05) is 23.2 Å². The van der Waals surface area contributed by atoms with Crippen LogP contribution in [0.4, 0.5) is 8.78 Å². The minimum absolute atomic E-state index is 0.0728. The molecule has 3 saturated carbocycles. The molecule has 0 N–H and O–H groups in total. The first-order valence-corrected chi connectivity index (χ1v) is 12.3. The zero-order chi connectivity index (χ0) is 23.6. The molecule has 34 heavy (non-hydrogen) atoms. The number of hydrogen-bond donors (Lipinski definition) is 0. The van der Waals surface area contributed by atoms with Crippen LogP contribution in [0.3, 0.4) is 0 Å². The molecule has 3 nitrogen and oxygen atoms in total. The van der Waals surface area contributed by atoms with E-state index >= 15 is 8.78 Å². The maximum absolute atomic E-state index is 15.7. The third-order valence-electron chi connectivity index (χ3n) is 8.32. The summed E-state index contributed by atoms with van der Waals surface area (Å²) >= 11 is 0. The normalized spacial score (nSPS) is 29.5. The van der Waals surface area contributed by atoms with Gasteiger partial charge in [-0.3, -0.25) is 4.90 Å². The zero-order valence-corrected chi connectivity index (χ0v) is 19.6. The van der Waals surface area contributed by atoms with E-state index in [1.807, 2.05) is 12.1 Å². The molecule has 5 aliphatic rings. The fourth-order valence-corrected chi connectivity index (χ4v) is 6.89. The highest BCUT2D eigenvalue weighted by molar-refractivity contribution is 5.87. The van der Waals surface area contributed by atoms with E-state index < -0.39 is 23.6 Å². The van der Waals surface area contributed by atoms with Crippen LogP contribution in [0, 0.1) is 17.6 Å². The summed E-state index contributed by atoms with van der Waals surface area (Å²) in [5.74, 6) is -0.861. The maximum atomic E-state index is 15.7. The minimum atomic E-state index is -0.554. The number of fused-ring (bicyclic) bond motifs is 2. The van der Waals surface area contributed by atoms with Gasteiger partial charge >= 0.3 is 5.97 Å². The Labute approximate surface area is 199 Å². The second-order valence-corrected chi connectivity index (χ2v) is 10.4. The molecule has 2 atom stereocenters. The quantitative estimate of drug-likeness (QED) is 0.390. The predicted octanol–water partition coefficient (Wildman–Crippen LogP) is 6.24. The Kier molecular flexibility index (Phi) is 5.03. The standard InChI is InChI=1S/C29H29F2NO2/c1-3-34-26(33)9-8-18-11-24(30)27(25(31)12-18)28-23-13-20-6-4-5-7-21(20)22(23)10-17(2)32(28)29-14-19(15-29)16-29/h4-9,11-12,17,19,28H,3,10,13-16H2,1-2H3/b9-8+. The second-order valence-electron chi connectivity index (χ2n) is 10.4. The van der Waals surface area contributed by atoms with E-state index in [-0.39, 0.29) is 23.8 Å². The lowest BCUT2D eigenvalue weighted by molar-refractivity contribution is -0.173. The largest absolute Gasteiger partial charge is 0.463 e. The molecule has 176 valence electrons. The zero-order valence-electron chi connectivity index (χ0n) is 19.6. The molecule has 0 aromatic heterocycles. The summed E-state index contributed by atoms with van der Waals surface area (Å²) in [7, 11) is 0. The summed E-state index contributed by atoms with van der Waals surface area (Å²) in [5.41, 5.74) is 5.43. The fourth-order valence-electron chi connectivity index (χ4n) is 6.89. The van der Waals surface area contributed by atoms with Crippen LogP contribution >= 0.6 is 0 Å². The van der Waals surface area contributed by atoms with Gasteiger partial charge in [-0.1, -0.05) is 24.3 Å². The predicted molar refractivity (Wildman–Crippen MR) is 128 cm³/mol. The van der Waals surface area contributed by atoms with Crippen LogP contribution < -0.4 is 0 Å². The van der Waals surface area contributed by atoms with E-state index in [2.05, 4.69) is 24.0 Å². The molecule has 7 rings (SSSR count). The number of nitrogens with zero attached hydrogens (tertiary/aromatic N) is 1. The summed E-state index contributed by atoms with van der Waals surface area (Å²) in [4.78, 5) is 14.1. The van der Waals surface area contributed by atoms with Gasteiger partial charge in [-0.05, 0) is 97.9 Å². The molecule has 2 unspecified atom stereocenters. The Hall–Kier alpha value is -2.79. The topological polar surface area (TPSA) is 29.5 Å². The van der Waals surface area contributed by atoms with Gasteiger partial charge in [0.1, 0.15) is 11.6 Å². The van der Waals surface area contributed by atoms with Gasteiger partial charge in [-0.2, -0.15) is 0 Å². The van der Waals surface area contributed by atoms with Crippen molar-refractivity contribution in [1.82, 2.24) is 4.90 Å². The molecule has 0 saturated heterocycles. The first kappa shape index (κ1) is 21.7. The average Bonchev–Trinajstić information content (AvgIpc) is 3.10. The van der Waals surface area contributed by atoms with E-state index in [1.54, 1.807) is 6.92 Å². The highest BCUT2D eigenvalue weighted by Crippen LogP contribution is 2.65. The van der Waals surface area contributed by atoms with Crippen molar-refractivity contribution in [3.05, 3.63) is 81.9 Å². The van der Waals surface area contributed by atoms with Gasteiger partial charge in [0.05, 0.1) is 12.6 Å². The number of rotatable bonds is 5. The Balaban J connectivity index is 1.44. The number of carbonyl (C=O) groups is 1. The molecule has 4 aliphatic carbocycles. The van der Waals surface area contributed by atoms with Crippen molar-refractivity contribution in [3.63, 3.8) is 0 Å². The van der Waals surface area contributed by atoms with Gasteiger partial charge in [0.15, 0.2) is 0 Å². The lowest BCUT2D eigenvalue weighted by Crippen LogP contribution is -2.71. The molecule has 3 fully saturated rings. The van der Waals surface area contributed by atoms with Crippen LogP contribution in [0.15, 0.2) is 48.0 Å². The third kappa shape index (κ3) is 3.20. The molecular formula is C29H29F2NO2. The summed E-state index contributed by atoms with van der Waals surface area (Å²) < 4.78 is 36.4. The molecule has 0 amide bonds. The molecule has 2 aromatic carbocycles. The summed E-state index contributed by atoms with van der Waals surface area (Å²) in [5, 5.41) is 0. The van der Waals surface area contributed by atoms with Crippen molar-refractivity contribution < 1.29 is 18.3 Å². The minimum Gasteiger partial charge on any atom is -0.463 e. The Morgan fingerprint density at radius 1 is 1.18 bits per heavy atom. The van der Waals surface area contributed by atoms with Crippen molar-refractivity contribution in [3.8, 4) is 0 Å².